The second kappa shape index (κ2) is 10.6. The third-order valence-electron chi connectivity index (χ3n) is 4.98. The predicted octanol–water partition coefficient (Wildman–Crippen LogP) is 5.71. The number of rotatable bonds is 10. The lowest BCUT2D eigenvalue weighted by Crippen LogP contribution is -2.36. The van der Waals surface area contributed by atoms with Gasteiger partial charge in [0.25, 0.3) is 0 Å². The Hall–Kier alpha value is -0.0831. The summed E-state index contributed by atoms with van der Waals surface area (Å²) in [6.45, 7) is 11.1. The van der Waals surface area contributed by atoms with Crippen molar-refractivity contribution in [3.63, 3.8) is 0 Å². The average molecular weight is 296 g/mol. The van der Waals surface area contributed by atoms with Crippen LogP contribution in [0.15, 0.2) is 12.2 Å². The van der Waals surface area contributed by atoms with Crippen molar-refractivity contribution in [2.45, 2.75) is 83.5 Å². The van der Waals surface area contributed by atoms with Crippen molar-refractivity contribution in [2.24, 2.45) is 0 Å². The van der Waals surface area contributed by atoms with Crippen LogP contribution in [0.3, 0.4) is 0 Å². The first kappa shape index (κ1) is 18.0. The van der Waals surface area contributed by atoms with Gasteiger partial charge in [0, 0.05) is 0 Å². The molecule has 1 aliphatic rings. The topological polar surface area (TPSA) is 3.24 Å². The molecule has 0 amide bonds. The summed E-state index contributed by atoms with van der Waals surface area (Å²) in [5.74, 6) is 0. The summed E-state index contributed by atoms with van der Waals surface area (Å²) < 4.78 is 0. The lowest BCUT2D eigenvalue weighted by atomic mass is 10.1. The van der Waals surface area contributed by atoms with Gasteiger partial charge in [0.15, 0.2) is 0 Å². The quantitative estimate of drug-likeness (QED) is 0.369. The van der Waals surface area contributed by atoms with Crippen LogP contribution in [0.1, 0.15) is 59.3 Å². The molecule has 0 aromatic rings. The summed E-state index contributed by atoms with van der Waals surface area (Å²) >= 11 is 0. The van der Waals surface area contributed by atoms with Gasteiger partial charge in [0.1, 0.15) is 0 Å². The van der Waals surface area contributed by atoms with Crippen LogP contribution in [0, 0.1) is 0 Å². The first-order valence-electron chi connectivity index (χ1n) is 9.10. The highest BCUT2D eigenvalue weighted by Gasteiger charge is 2.29. The molecule has 0 aliphatic carbocycles. The van der Waals surface area contributed by atoms with Gasteiger partial charge in [-0.2, -0.15) is 0 Å². The molecule has 0 spiro atoms. The Morgan fingerprint density at radius 3 is 2.15 bits per heavy atom. The third kappa shape index (κ3) is 6.58. The highest BCUT2D eigenvalue weighted by molar-refractivity contribution is 6.80. The molecule has 0 aromatic carbocycles. The molecule has 1 saturated heterocycles. The van der Waals surface area contributed by atoms with Gasteiger partial charge >= 0.3 is 0 Å². The molecule has 118 valence electrons. The third-order valence-corrected chi connectivity index (χ3v) is 10.6. The Kier molecular flexibility index (Phi) is 9.54. The van der Waals surface area contributed by atoms with Crippen LogP contribution in [0.25, 0.3) is 0 Å². The normalized spacial score (nSPS) is 17.9. The fraction of sp³-hybridized carbons (Fsp3) is 0.889. The van der Waals surface area contributed by atoms with Gasteiger partial charge < -0.3 is 4.90 Å². The maximum absolute atomic E-state index is 2.72. The van der Waals surface area contributed by atoms with Crippen LogP contribution >= 0.6 is 0 Å². The van der Waals surface area contributed by atoms with Crippen molar-refractivity contribution >= 4 is 8.07 Å². The van der Waals surface area contributed by atoms with Gasteiger partial charge in [0.05, 0.1) is 8.07 Å². The molecule has 0 aromatic heterocycles. The highest BCUT2D eigenvalue weighted by Crippen LogP contribution is 2.31. The molecule has 0 N–H and O–H groups in total. The molecule has 0 radical (unpaired) electrons. The van der Waals surface area contributed by atoms with Crippen molar-refractivity contribution in [3.8, 4) is 0 Å². The van der Waals surface area contributed by atoms with E-state index in [0.29, 0.717) is 0 Å². The van der Waals surface area contributed by atoms with Crippen LogP contribution in [-0.4, -0.2) is 32.6 Å². The molecule has 0 unspecified atom stereocenters. The molecule has 0 saturated carbocycles. The van der Waals surface area contributed by atoms with Crippen molar-refractivity contribution in [1.82, 2.24) is 4.90 Å². The van der Waals surface area contributed by atoms with Crippen LogP contribution in [-0.2, 0) is 0 Å². The fourth-order valence-corrected chi connectivity index (χ4v) is 9.10. The summed E-state index contributed by atoms with van der Waals surface area (Å²) in [6, 6.07) is 6.09. The number of likely N-dealkylation sites (tertiary alicyclic amines) is 1. The standard InChI is InChI=1S/C18H37NSi/c1-4-7-17-20(15-5-2,16-6-3)18-11-14-19-12-9-8-10-13-19/h4,7H,5-6,8-18H2,1-3H3/b7-4+. The smallest absolute Gasteiger partial charge is 0.0573 e. The van der Waals surface area contributed by atoms with Gasteiger partial charge in [-0.1, -0.05) is 63.4 Å². The zero-order valence-corrected chi connectivity index (χ0v) is 15.3. The molecule has 1 heterocycles. The van der Waals surface area contributed by atoms with Crippen molar-refractivity contribution in [2.75, 3.05) is 19.6 Å². The molecule has 1 aliphatic heterocycles. The number of piperidine rings is 1. The number of hydrogen-bond donors (Lipinski definition) is 0. The van der Waals surface area contributed by atoms with Crippen LogP contribution in [0.5, 0.6) is 0 Å². The Balaban J connectivity index is 2.44. The zero-order chi connectivity index (χ0) is 14.7. The Morgan fingerprint density at radius 1 is 0.950 bits per heavy atom. The minimum Gasteiger partial charge on any atom is -0.303 e. The van der Waals surface area contributed by atoms with Gasteiger partial charge in [-0.15, -0.1) is 0 Å². The molecular weight excluding hydrogens is 258 g/mol. The highest BCUT2D eigenvalue weighted by atomic mass is 28.3. The number of nitrogens with zero attached hydrogens (tertiary/aromatic N) is 1. The van der Waals surface area contributed by atoms with E-state index in [2.05, 4.69) is 37.8 Å². The summed E-state index contributed by atoms with van der Waals surface area (Å²) in [6.07, 6.45) is 13.3. The Labute approximate surface area is 128 Å². The minimum absolute atomic E-state index is 1.01. The van der Waals surface area contributed by atoms with E-state index in [4.69, 9.17) is 0 Å². The van der Waals surface area contributed by atoms with E-state index in [1.165, 1.54) is 64.2 Å². The molecular formula is C18H37NSi. The first-order valence-corrected chi connectivity index (χ1v) is 11.9. The molecule has 0 bridgehead atoms. The number of hydrogen-bond acceptors (Lipinski definition) is 1. The second-order valence-electron chi connectivity index (χ2n) is 6.78. The summed E-state index contributed by atoms with van der Waals surface area (Å²) in [5.41, 5.74) is 0. The second-order valence-corrected chi connectivity index (χ2v) is 11.7. The van der Waals surface area contributed by atoms with Crippen molar-refractivity contribution in [3.05, 3.63) is 12.2 Å². The molecule has 1 rings (SSSR count). The zero-order valence-electron chi connectivity index (χ0n) is 14.3. The molecule has 0 atom stereocenters. The van der Waals surface area contributed by atoms with E-state index in [9.17, 15) is 0 Å². The SMILES string of the molecule is C/C=C/C[Si](CCC)(CCC)CCCN1CCCCC1. The van der Waals surface area contributed by atoms with Gasteiger partial charge in [-0.05, 0) is 51.9 Å². The first-order chi connectivity index (χ1) is 9.76. The van der Waals surface area contributed by atoms with E-state index in [0.717, 1.165) is 0 Å². The van der Waals surface area contributed by atoms with E-state index in [-0.39, 0.29) is 0 Å². The monoisotopic (exact) mass is 295 g/mol. The maximum atomic E-state index is 2.72. The maximum Gasteiger partial charge on any atom is 0.0573 e. The summed E-state index contributed by atoms with van der Waals surface area (Å²) in [7, 11) is -1.01. The Bertz CT molecular complexity index is 250. The van der Waals surface area contributed by atoms with Crippen LogP contribution < -0.4 is 0 Å². The summed E-state index contributed by atoms with van der Waals surface area (Å²) in [5, 5.41) is 0. The van der Waals surface area contributed by atoms with E-state index >= 15 is 0 Å². The van der Waals surface area contributed by atoms with E-state index in [1.807, 2.05) is 0 Å². The van der Waals surface area contributed by atoms with Crippen molar-refractivity contribution in [1.29, 1.82) is 0 Å². The molecule has 1 fully saturated rings. The van der Waals surface area contributed by atoms with Gasteiger partial charge in [-0.25, -0.2) is 0 Å². The minimum atomic E-state index is -1.01. The Morgan fingerprint density at radius 2 is 1.60 bits per heavy atom. The lowest BCUT2D eigenvalue weighted by molar-refractivity contribution is 0.229. The van der Waals surface area contributed by atoms with Crippen molar-refractivity contribution < 1.29 is 0 Å². The van der Waals surface area contributed by atoms with Crippen LogP contribution in [0.4, 0.5) is 0 Å². The molecule has 20 heavy (non-hydrogen) atoms. The summed E-state index contributed by atoms with van der Waals surface area (Å²) in [4.78, 5) is 2.72. The average Bonchev–Trinajstić information content (AvgIpc) is 2.47. The van der Waals surface area contributed by atoms with Crippen LogP contribution in [0.2, 0.25) is 24.2 Å². The molecule has 1 nitrogen and oxygen atoms in total. The van der Waals surface area contributed by atoms with Gasteiger partial charge in [0.2, 0.25) is 0 Å². The predicted molar refractivity (Wildman–Crippen MR) is 95.3 cm³/mol. The lowest BCUT2D eigenvalue weighted by Gasteiger charge is -2.32. The van der Waals surface area contributed by atoms with Gasteiger partial charge in [-0.3, -0.25) is 0 Å². The largest absolute Gasteiger partial charge is 0.303 e. The molecule has 2 heteroatoms. The fourth-order valence-electron chi connectivity index (χ4n) is 3.97. The van der Waals surface area contributed by atoms with E-state index in [1.54, 1.807) is 18.1 Å². The van der Waals surface area contributed by atoms with E-state index < -0.39 is 8.07 Å². The number of allylic oxidation sites excluding steroid dienone is 2.